The number of nitrogens with zero attached hydrogens (tertiary/aromatic N) is 4. The average molecular weight is 416 g/mol. The van der Waals surface area contributed by atoms with Gasteiger partial charge in [0.1, 0.15) is 6.17 Å². The molecular weight excluding hydrogens is 398 g/mol. The van der Waals surface area contributed by atoms with E-state index in [0.29, 0.717) is 0 Å². The Morgan fingerprint density at radius 1 is 1.00 bits per heavy atom. The van der Waals surface area contributed by atoms with Crippen molar-refractivity contribution in [2.24, 2.45) is 0 Å². The van der Waals surface area contributed by atoms with E-state index in [9.17, 15) is 0 Å². The van der Waals surface area contributed by atoms with Crippen LogP contribution in [0.25, 0.3) is 0 Å². The van der Waals surface area contributed by atoms with Gasteiger partial charge in [0.05, 0.1) is 11.4 Å². The topological polar surface area (TPSA) is 34.6 Å². The lowest BCUT2D eigenvalue weighted by Gasteiger charge is -2.30. The maximum absolute atomic E-state index is 4.72. The maximum atomic E-state index is 4.72. The predicted molar refractivity (Wildman–Crippen MR) is 106 cm³/mol. The van der Waals surface area contributed by atoms with Crippen LogP contribution < -0.4 is 15.7 Å². The van der Waals surface area contributed by atoms with E-state index in [0.717, 1.165) is 22.1 Å². The number of para-hydroxylation sites is 1. The van der Waals surface area contributed by atoms with Crippen molar-refractivity contribution in [3.8, 4) is 0 Å². The van der Waals surface area contributed by atoms with Crippen molar-refractivity contribution in [3.05, 3.63) is 76.8 Å². The highest BCUT2D eigenvalue weighted by Crippen LogP contribution is 2.38. The van der Waals surface area contributed by atoms with Crippen LogP contribution in [0.3, 0.4) is 0 Å². The Morgan fingerprint density at radius 2 is 1.64 bits per heavy atom. The summed E-state index contributed by atoms with van der Waals surface area (Å²) < 4.78 is 2.00. The summed E-state index contributed by atoms with van der Waals surface area (Å²) in [7, 11) is 0. The number of hydrogen-bond donors (Lipinski definition) is 1. The molecule has 1 aliphatic heterocycles. The second kappa shape index (κ2) is 6.76. The number of halogens is 1. The van der Waals surface area contributed by atoms with Gasteiger partial charge in [-0.2, -0.15) is 15.7 Å². The van der Waals surface area contributed by atoms with Gasteiger partial charge in [-0.15, -0.1) is 4.03 Å². The summed E-state index contributed by atoms with van der Waals surface area (Å²) in [5.41, 5.74) is 6.80. The van der Waals surface area contributed by atoms with Crippen molar-refractivity contribution < 1.29 is 0 Å². The molecule has 2 heterocycles. The van der Waals surface area contributed by atoms with Crippen molar-refractivity contribution in [1.82, 2.24) is 14.4 Å². The number of nitrogens with one attached hydrogen (secondary N) is 1. The molecule has 25 heavy (non-hydrogen) atoms. The zero-order valence-electron chi connectivity index (χ0n) is 13.9. The lowest BCUT2D eigenvalue weighted by molar-refractivity contribution is 0.417. The Hall–Kier alpha value is -1.93. The van der Waals surface area contributed by atoms with E-state index in [1.54, 1.807) is 11.3 Å². The molecule has 1 fully saturated rings. The number of hydrazine groups is 3. The Kier molecular flexibility index (Phi) is 4.47. The van der Waals surface area contributed by atoms with Crippen LogP contribution in [0, 0.1) is 13.8 Å². The van der Waals surface area contributed by atoms with Gasteiger partial charge in [0, 0.05) is 21.0 Å². The smallest absolute Gasteiger partial charge is 0.221 e. The largest absolute Gasteiger partial charge is 0.223 e. The van der Waals surface area contributed by atoms with E-state index >= 15 is 0 Å². The SMILES string of the molecule is Cc1nc(N2NC(c3ccccc3)N(Br)N2c2ccccc2)sc1C. The van der Waals surface area contributed by atoms with E-state index < -0.39 is 0 Å². The Morgan fingerprint density at radius 3 is 2.24 bits per heavy atom. The summed E-state index contributed by atoms with van der Waals surface area (Å²) in [6.07, 6.45) is -0.0501. The fourth-order valence-corrected chi connectivity index (χ4v) is 4.23. The van der Waals surface area contributed by atoms with Gasteiger partial charge in [0.25, 0.3) is 0 Å². The first-order chi connectivity index (χ1) is 12.1. The number of hydrogen-bond acceptors (Lipinski definition) is 6. The zero-order valence-corrected chi connectivity index (χ0v) is 16.3. The number of anilines is 2. The van der Waals surface area contributed by atoms with Crippen molar-refractivity contribution >= 4 is 38.3 Å². The van der Waals surface area contributed by atoms with Crippen molar-refractivity contribution in [2.75, 3.05) is 10.2 Å². The van der Waals surface area contributed by atoms with Gasteiger partial charge >= 0.3 is 0 Å². The zero-order chi connectivity index (χ0) is 17.4. The molecule has 0 spiro atoms. The van der Waals surface area contributed by atoms with Gasteiger partial charge < -0.3 is 0 Å². The van der Waals surface area contributed by atoms with Gasteiger partial charge in [-0.3, -0.25) is 0 Å². The van der Waals surface area contributed by atoms with Crippen LogP contribution in [-0.2, 0) is 0 Å². The lowest BCUT2D eigenvalue weighted by atomic mass is 10.2. The van der Waals surface area contributed by atoms with Gasteiger partial charge in [0.2, 0.25) is 5.13 Å². The fourth-order valence-electron chi connectivity index (χ4n) is 2.72. The summed E-state index contributed by atoms with van der Waals surface area (Å²) in [5.74, 6) is 0. The minimum atomic E-state index is -0.0501. The molecule has 4 rings (SSSR count). The first-order valence-corrected chi connectivity index (χ1v) is 9.53. The molecule has 128 valence electrons. The van der Waals surface area contributed by atoms with Gasteiger partial charge in [-0.25, -0.2) is 4.98 Å². The van der Waals surface area contributed by atoms with E-state index in [-0.39, 0.29) is 6.17 Å². The molecule has 0 amide bonds. The third kappa shape index (κ3) is 3.04. The standard InChI is InChI=1S/C18H18BrN5S/c1-13-14(2)25-18(20-13)23-21-17(15-9-5-3-6-10-15)22(19)24(23)16-11-7-4-8-12-16/h3-12,17,21H,1-2H3. The summed E-state index contributed by atoms with van der Waals surface area (Å²) in [6.45, 7) is 4.14. The molecule has 1 atom stereocenters. The van der Waals surface area contributed by atoms with E-state index in [1.165, 1.54) is 4.88 Å². The average Bonchev–Trinajstić information content (AvgIpc) is 3.16. The highest BCUT2D eigenvalue weighted by atomic mass is 79.9. The van der Waals surface area contributed by atoms with Crippen LogP contribution in [-0.4, -0.2) is 9.02 Å². The van der Waals surface area contributed by atoms with E-state index in [4.69, 9.17) is 4.98 Å². The normalized spacial score (nSPS) is 18.1. The molecule has 0 bridgehead atoms. The lowest BCUT2D eigenvalue weighted by Crippen LogP contribution is -2.44. The van der Waals surface area contributed by atoms with Crippen LogP contribution in [0.5, 0.6) is 0 Å². The second-order valence-corrected chi connectivity index (χ2v) is 7.71. The number of thiazole rings is 1. The van der Waals surface area contributed by atoms with Crippen molar-refractivity contribution in [1.29, 1.82) is 0 Å². The summed E-state index contributed by atoms with van der Waals surface area (Å²) in [5, 5.41) is 4.95. The van der Waals surface area contributed by atoms with Crippen molar-refractivity contribution in [3.63, 3.8) is 0 Å². The Labute approximate surface area is 159 Å². The van der Waals surface area contributed by atoms with E-state index in [2.05, 4.69) is 57.9 Å². The molecular formula is C18H18BrN5S. The van der Waals surface area contributed by atoms with Gasteiger partial charge in [-0.1, -0.05) is 59.9 Å². The molecule has 7 heteroatoms. The molecule has 0 aliphatic carbocycles. The first-order valence-electron chi connectivity index (χ1n) is 8.00. The first kappa shape index (κ1) is 16.5. The fraction of sp³-hybridized carbons (Fsp3) is 0.167. The number of aryl methyl sites for hydroxylation is 2. The highest BCUT2D eigenvalue weighted by Gasteiger charge is 2.39. The highest BCUT2D eigenvalue weighted by molar-refractivity contribution is 9.07. The molecule has 1 aliphatic rings. The Balaban J connectivity index is 1.77. The van der Waals surface area contributed by atoms with Crippen LogP contribution in [0.4, 0.5) is 10.8 Å². The van der Waals surface area contributed by atoms with E-state index in [1.807, 2.05) is 52.5 Å². The third-order valence-electron chi connectivity index (χ3n) is 4.13. The van der Waals surface area contributed by atoms with Crippen LogP contribution in [0.2, 0.25) is 0 Å². The molecule has 1 aromatic heterocycles. The van der Waals surface area contributed by atoms with Gasteiger partial charge in [0.15, 0.2) is 0 Å². The van der Waals surface area contributed by atoms with Crippen LogP contribution >= 0.6 is 27.5 Å². The summed E-state index contributed by atoms with van der Waals surface area (Å²) in [6, 6.07) is 20.6. The molecule has 3 aromatic rings. The predicted octanol–water partition coefficient (Wildman–Crippen LogP) is 4.73. The summed E-state index contributed by atoms with van der Waals surface area (Å²) >= 11 is 5.41. The summed E-state index contributed by atoms with van der Waals surface area (Å²) in [4.78, 5) is 5.94. The van der Waals surface area contributed by atoms with Crippen LogP contribution in [0.15, 0.2) is 60.7 Å². The number of benzene rings is 2. The molecule has 1 unspecified atom stereocenters. The van der Waals surface area contributed by atoms with Crippen molar-refractivity contribution in [2.45, 2.75) is 20.0 Å². The minimum Gasteiger partial charge on any atom is -0.223 e. The van der Waals surface area contributed by atoms with Gasteiger partial charge in [-0.05, 0) is 31.5 Å². The third-order valence-corrected chi connectivity index (χ3v) is 5.89. The maximum Gasteiger partial charge on any atom is 0.221 e. The molecule has 0 saturated carbocycles. The van der Waals surface area contributed by atoms with Crippen LogP contribution in [0.1, 0.15) is 22.3 Å². The monoisotopic (exact) mass is 415 g/mol. The molecule has 0 radical (unpaired) electrons. The molecule has 1 N–H and O–H groups in total. The quantitative estimate of drug-likeness (QED) is 0.625. The second-order valence-electron chi connectivity index (χ2n) is 5.81. The number of aromatic nitrogens is 1. The molecule has 5 nitrogen and oxygen atoms in total. The minimum absolute atomic E-state index is 0.0501. The number of rotatable bonds is 3. The molecule has 2 aromatic carbocycles. The Bertz CT molecular complexity index is 835. The molecule has 1 saturated heterocycles.